The topological polar surface area (TPSA) is 72.2 Å². The number of aryl methyl sites for hydroxylation is 2. The summed E-state index contributed by atoms with van der Waals surface area (Å²) >= 11 is 0. The van der Waals surface area contributed by atoms with Gasteiger partial charge >= 0.3 is 0 Å². The number of carbonyl (C=O) groups excluding carboxylic acids is 1. The van der Waals surface area contributed by atoms with Crippen LogP contribution in [0.5, 0.6) is 0 Å². The zero-order valence-corrected chi connectivity index (χ0v) is 14.5. The van der Waals surface area contributed by atoms with E-state index in [1.54, 1.807) is 16.8 Å². The van der Waals surface area contributed by atoms with Gasteiger partial charge in [0.2, 0.25) is 0 Å². The van der Waals surface area contributed by atoms with Crippen molar-refractivity contribution in [3.8, 4) is 11.4 Å². The summed E-state index contributed by atoms with van der Waals surface area (Å²) in [5.74, 6) is -0.248. The Morgan fingerprint density at radius 2 is 1.88 bits per heavy atom. The fourth-order valence-corrected chi connectivity index (χ4v) is 2.80. The van der Waals surface area contributed by atoms with Crippen molar-refractivity contribution in [2.75, 3.05) is 5.32 Å². The lowest BCUT2D eigenvalue weighted by Crippen LogP contribution is -2.15. The number of carbonyl (C=O) groups is 1. The molecule has 0 saturated heterocycles. The van der Waals surface area contributed by atoms with Crippen LogP contribution in [0.2, 0.25) is 0 Å². The van der Waals surface area contributed by atoms with Crippen LogP contribution in [-0.2, 0) is 0 Å². The van der Waals surface area contributed by atoms with Crippen LogP contribution < -0.4 is 5.32 Å². The third-order valence-electron chi connectivity index (χ3n) is 4.04. The molecule has 1 N–H and O–H groups in total. The van der Waals surface area contributed by atoms with Gasteiger partial charge < -0.3 is 5.32 Å². The van der Waals surface area contributed by atoms with Gasteiger partial charge in [-0.25, -0.2) is 9.50 Å². The van der Waals surface area contributed by atoms with Crippen LogP contribution in [-0.4, -0.2) is 25.5 Å². The number of rotatable bonds is 3. The number of fused-ring (bicyclic) bond motifs is 1. The predicted octanol–water partition coefficient (Wildman–Crippen LogP) is 3.66. The highest BCUT2D eigenvalue weighted by Gasteiger charge is 2.14. The standard InChI is InChI=1S/C20H17N5O/c1-13-6-5-7-15(10-13)22-20(26)18-11-14(2)25-19(23-18)12-17(24-25)16-8-3-4-9-21-16/h3-12H,1-2H3,(H,22,26). The third kappa shape index (κ3) is 3.04. The minimum atomic E-state index is -0.248. The molecule has 0 saturated carbocycles. The van der Waals surface area contributed by atoms with Crippen LogP contribution in [0, 0.1) is 13.8 Å². The molecule has 1 amide bonds. The minimum Gasteiger partial charge on any atom is -0.321 e. The highest BCUT2D eigenvalue weighted by atomic mass is 16.1. The summed E-state index contributed by atoms with van der Waals surface area (Å²) in [6.45, 7) is 3.88. The van der Waals surface area contributed by atoms with E-state index in [4.69, 9.17) is 0 Å². The number of anilines is 1. The molecule has 0 aliphatic carbocycles. The van der Waals surface area contributed by atoms with Gasteiger partial charge in [-0.2, -0.15) is 5.10 Å². The van der Waals surface area contributed by atoms with Crippen molar-refractivity contribution in [3.63, 3.8) is 0 Å². The molecule has 128 valence electrons. The quantitative estimate of drug-likeness (QED) is 0.616. The summed E-state index contributed by atoms with van der Waals surface area (Å²) in [5.41, 5.74) is 5.10. The number of hydrogen-bond acceptors (Lipinski definition) is 4. The van der Waals surface area contributed by atoms with Crippen molar-refractivity contribution in [2.45, 2.75) is 13.8 Å². The first-order valence-corrected chi connectivity index (χ1v) is 8.27. The van der Waals surface area contributed by atoms with Gasteiger partial charge in [-0.15, -0.1) is 0 Å². The highest BCUT2D eigenvalue weighted by Crippen LogP contribution is 2.18. The Kier molecular flexibility index (Phi) is 3.93. The summed E-state index contributed by atoms with van der Waals surface area (Å²) in [6, 6.07) is 16.9. The number of nitrogens with one attached hydrogen (secondary N) is 1. The molecule has 0 atom stereocenters. The molecule has 0 unspecified atom stereocenters. The van der Waals surface area contributed by atoms with Gasteiger partial charge in [0.05, 0.1) is 5.69 Å². The zero-order chi connectivity index (χ0) is 18.1. The third-order valence-corrected chi connectivity index (χ3v) is 4.04. The molecule has 4 rings (SSSR count). The lowest BCUT2D eigenvalue weighted by atomic mass is 10.2. The Balaban J connectivity index is 1.69. The molecule has 6 nitrogen and oxygen atoms in total. The van der Waals surface area contributed by atoms with E-state index in [1.165, 1.54) is 0 Å². The molecule has 3 aromatic heterocycles. The summed E-state index contributed by atoms with van der Waals surface area (Å²) in [7, 11) is 0. The maximum atomic E-state index is 12.6. The lowest BCUT2D eigenvalue weighted by molar-refractivity contribution is 0.102. The van der Waals surface area contributed by atoms with E-state index in [0.29, 0.717) is 11.3 Å². The molecule has 1 aromatic carbocycles. The van der Waals surface area contributed by atoms with E-state index >= 15 is 0 Å². The summed E-state index contributed by atoms with van der Waals surface area (Å²) < 4.78 is 1.72. The molecule has 0 aliphatic heterocycles. The summed E-state index contributed by atoms with van der Waals surface area (Å²) in [5, 5.41) is 7.42. The second-order valence-electron chi connectivity index (χ2n) is 6.12. The maximum Gasteiger partial charge on any atom is 0.274 e. The molecule has 4 aromatic rings. The number of amides is 1. The number of nitrogens with zero attached hydrogens (tertiary/aromatic N) is 4. The second kappa shape index (κ2) is 6.40. The number of hydrogen-bond donors (Lipinski definition) is 1. The van der Waals surface area contributed by atoms with Gasteiger partial charge in [0.1, 0.15) is 11.4 Å². The highest BCUT2D eigenvalue weighted by molar-refractivity contribution is 6.03. The lowest BCUT2D eigenvalue weighted by Gasteiger charge is -2.07. The zero-order valence-electron chi connectivity index (χ0n) is 14.5. The van der Waals surface area contributed by atoms with E-state index < -0.39 is 0 Å². The average Bonchev–Trinajstić information content (AvgIpc) is 3.07. The fraction of sp³-hybridized carbons (Fsp3) is 0.100. The van der Waals surface area contributed by atoms with Gasteiger partial charge in [-0.3, -0.25) is 9.78 Å². The smallest absolute Gasteiger partial charge is 0.274 e. The largest absolute Gasteiger partial charge is 0.321 e. The van der Waals surface area contributed by atoms with Crippen molar-refractivity contribution in [1.82, 2.24) is 19.6 Å². The van der Waals surface area contributed by atoms with Crippen molar-refractivity contribution in [2.24, 2.45) is 0 Å². The molecule has 0 radical (unpaired) electrons. The first-order valence-electron chi connectivity index (χ1n) is 8.27. The average molecular weight is 343 g/mol. The van der Waals surface area contributed by atoms with Crippen LogP contribution in [0.25, 0.3) is 17.0 Å². The molecule has 0 spiro atoms. The molecule has 0 bridgehead atoms. The normalized spacial score (nSPS) is 10.8. The van der Waals surface area contributed by atoms with Crippen molar-refractivity contribution >= 4 is 17.2 Å². The second-order valence-corrected chi connectivity index (χ2v) is 6.12. The molecule has 0 aliphatic rings. The van der Waals surface area contributed by atoms with Crippen LogP contribution >= 0.6 is 0 Å². The van der Waals surface area contributed by atoms with Gasteiger partial charge in [-0.05, 0) is 49.7 Å². The summed E-state index contributed by atoms with van der Waals surface area (Å²) in [6.07, 6.45) is 1.72. The van der Waals surface area contributed by atoms with E-state index in [1.807, 2.05) is 62.4 Å². The fourth-order valence-electron chi connectivity index (χ4n) is 2.80. The number of benzene rings is 1. The Bertz CT molecular complexity index is 1100. The Hall–Kier alpha value is -3.54. The molecular formula is C20H17N5O. The molecule has 0 fully saturated rings. The number of aromatic nitrogens is 4. The van der Waals surface area contributed by atoms with Crippen molar-refractivity contribution in [1.29, 1.82) is 0 Å². The molecule has 3 heterocycles. The molecule has 6 heteroatoms. The van der Waals surface area contributed by atoms with E-state index in [0.717, 1.165) is 28.3 Å². The van der Waals surface area contributed by atoms with Gasteiger partial charge in [0.15, 0.2) is 5.65 Å². The Morgan fingerprint density at radius 1 is 1.00 bits per heavy atom. The van der Waals surface area contributed by atoms with E-state index in [2.05, 4.69) is 20.4 Å². The van der Waals surface area contributed by atoms with Crippen LogP contribution in [0.1, 0.15) is 21.7 Å². The van der Waals surface area contributed by atoms with Gasteiger partial charge in [-0.1, -0.05) is 18.2 Å². The van der Waals surface area contributed by atoms with Crippen molar-refractivity contribution in [3.05, 3.63) is 77.7 Å². The SMILES string of the molecule is Cc1cccc(NC(=O)c2cc(C)n3nc(-c4ccccn4)cc3n2)c1. The minimum absolute atomic E-state index is 0.248. The maximum absolute atomic E-state index is 12.6. The molecular weight excluding hydrogens is 326 g/mol. The van der Waals surface area contributed by atoms with E-state index in [9.17, 15) is 4.79 Å². The predicted molar refractivity (Wildman–Crippen MR) is 100 cm³/mol. The number of pyridine rings is 1. The van der Waals surface area contributed by atoms with Gasteiger partial charge in [0.25, 0.3) is 5.91 Å². The first kappa shape index (κ1) is 16.0. The molecule has 26 heavy (non-hydrogen) atoms. The first-order chi connectivity index (χ1) is 12.6. The van der Waals surface area contributed by atoms with Crippen LogP contribution in [0.15, 0.2) is 60.8 Å². The van der Waals surface area contributed by atoms with E-state index in [-0.39, 0.29) is 5.91 Å². The Morgan fingerprint density at radius 3 is 2.65 bits per heavy atom. The van der Waals surface area contributed by atoms with Crippen LogP contribution in [0.4, 0.5) is 5.69 Å². The Labute approximate surface area is 150 Å². The van der Waals surface area contributed by atoms with Gasteiger partial charge in [0, 0.05) is 23.6 Å². The van der Waals surface area contributed by atoms with Crippen LogP contribution in [0.3, 0.4) is 0 Å². The van der Waals surface area contributed by atoms with Crippen molar-refractivity contribution < 1.29 is 4.79 Å². The monoisotopic (exact) mass is 343 g/mol. The summed E-state index contributed by atoms with van der Waals surface area (Å²) in [4.78, 5) is 21.4.